The van der Waals surface area contributed by atoms with Crippen molar-refractivity contribution in [3.63, 3.8) is 0 Å². The molecule has 1 unspecified atom stereocenters. The van der Waals surface area contributed by atoms with Gasteiger partial charge in [-0.25, -0.2) is 0 Å². The molecule has 1 atom stereocenters. The number of amides is 1. The third-order valence-corrected chi connectivity index (χ3v) is 2.93. The van der Waals surface area contributed by atoms with Gasteiger partial charge in [0, 0.05) is 23.6 Å². The van der Waals surface area contributed by atoms with E-state index in [-0.39, 0.29) is 5.91 Å². The van der Waals surface area contributed by atoms with Crippen LogP contribution in [0.15, 0.2) is 30.5 Å². The molecule has 0 aliphatic heterocycles. The van der Waals surface area contributed by atoms with E-state index in [1.54, 1.807) is 6.92 Å². The average Bonchev–Trinajstić information content (AvgIpc) is 2.72. The summed E-state index contributed by atoms with van der Waals surface area (Å²) in [6.45, 7) is 2.28. The molecule has 4 heteroatoms. The Labute approximate surface area is 105 Å². The molecule has 2 aromatic rings. The first-order valence-electron chi connectivity index (χ1n) is 5.65. The minimum absolute atomic E-state index is 0.119. The first-order chi connectivity index (χ1) is 8.18. The van der Waals surface area contributed by atoms with Gasteiger partial charge >= 0.3 is 0 Å². The van der Waals surface area contributed by atoms with E-state index in [0.717, 1.165) is 11.9 Å². The van der Waals surface area contributed by atoms with Gasteiger partial charge < -0.3 is 10.3 Å². The molecular formula is C13H15ClN2O. The molecule has 0 aliphatic rings. The van der Waals surface area contributed by atoms with E-state index < -0.39 is 5.38 Å². The summed E-state index contributed by atoms with van der Waals surface area (Å²) >= 11 is 5.67. The molecule has 0 bridgehead atoms. The van der Waals surface area contributed by atoms with Crippen molar-refractivity contribution in [3.8, 4) is 0 Å². The van der Waals surface area contributed by atoms with Crippen molar-refractivity contribution < 1.29 is 4.79 Å². The molecule has 17 heavy (non-hydrogen) atoms. The van der Waals surface area contributed by atoms with Crippen LogP contribution in [-0.4, -0.2) is 22.8 Å². The highest BCUT2D eigenvalue weighted by Crippen LogP contribution is 2.17. The fraction of sp³-hybridized carbons (Fsp3) is 0.308. The largest absolute Gasteiger partial charge is 0.361 e. The van der Waals surface area contributed by atoms with Crippen molar-refractivity contribution in [3.05, 3.63) is 36.0 Å². The lowest BCUT2D eigenvalue weighted by atomic mass is 10.1. The second-order valence-corrected chi connectivity index (χ2v) is 4.67. The number of carbonyl (C=O) groups excluding carboxylic acids is 1. The Morgan fingerprint density at radius 2 is 2.24 bits per heavy atom. The van der Waals surface area contributed by atoms with Crippen LogP contribution in [0, 0.1) is 0 Å². The lowest BCUT2D eigenvalue weighted by Crippen LogP contribution is -2.31. The normalized spacial score (nSPS) is 12.6. The van der Waals surface area contributed by atoms with E-state index in [0.29, 0.717) is 6.54 Å². The van der Waals surface area contributed by atoms with Gasteiger partial charge in [-0.1, -0.05) is 18.2 Å². The number of hydrogen-bond donors (Lipinski definition) is 2. The quantitative estimate of drug-likeness (QED) is 0.805. The summed E-state index contributed by atoms with van der Waals surface area (Å²) in [6, 6.07) is 8.13. The highest BCUT2D eigenvalue weighted by molar-refractivity contribution is 6.30. The van der Waals surface area contributed by atoms with Gasteiger partial charge in [-0.05, 0) is 25.0 Å². The number of benzene rings is 1. The maximum Gasteiger partial charge on any atom is 0.237 e. The van der Waals surface area contributed by atoms with Crippen molar-refractivity contribution in [2.24, 2.45) is 0 Å². The second kappa shape index (κ2) is 5.23. The molecule has 3 nitrogen and oxygen atoms in total. The van der Waals surface area contributed by atoms with Crippen LogP contribution in [0.1, 0.15) is 12.5 Å². The first-order valence-corrected chi connectivity index (χ1v) is 6.09. The number of H-pyrrole nitrogens is 1. The minimum Gasteiger partial charge on any atom is -0.361 e. The van der Waals surface area contributed by atoms with Crippen molar-refractivity contribution >= 4 is 28.4 Å². The van der Waals surface area contributed by atoms with Gasteiger partial charge in [-0.3, -0.25) is 4.79 Å². The number of hydrogen-bond acceptors (Lipinski definition) is 1. The lowest BCUT2D eigenvalue weighted by molar-refractivity contribution is -0.120. The van der Waals surface area contributed by atoms with Crippen molar-refractivity contribution in [1.29, 1.82) is 0 Å². The Hall–Kier alpha value is -1.48. The Morgan fingerprint density at radius 3 is 3.00 bits per heavy atom. The molecule has 1 aromatic heterocycles. The van der Waals surface area contributed by atoms with Gasteiger partial charge in [-0.2, -0.15) is 0 Å². The van der Waals surface area contributed by atoms with Crippen molar-refractivity contribution in [2.75, 3.05) is 6.54 Å². The molecule has 0 radical (unpaired) electrons. The minimum atomic E-state index is -0.474. The zero-order valence-electron chi connectivity index (χ0n) is 9.66. The van der Waals surface area contributed by atoms with Gasteiger partial charge in [0.15, 0.2) is 0 Å². The fourth-order valence-electron chi connectivity index (χ4n) is 1.80. The number of nitrogens with one attached hydrogen (secondary N) is 2. The van der Waals surface area contributed by atoms with Gasteiger partial charge in [0.05, 0.1) is 0 Å². The summed E-state index contributed by atoms with van der Waals surface area (Å²) < 4.78 is 0. The monoisotopic (exact) mass is 250 g/mol. The highest BCUT2D eigenvalue weighted by atomic mass is 35.5. The maximum absolute atomic E-state index is 11.3. The van der Waals surface area contributed by atoms with Crippen LogP contribution in [-0.2, 0) is 11.2 Å². The van der Waals surface area contributed by atoms with Crippen LogP contribution >= 0.6 is 11.6 Å². The number of carbonyl (C=O) groups is 1. The van der Waals surface area contributed by atoms with Gasteiger partial charge in [0.25, 0.3) is 0 Å². The summed E-state index contributed by atoms with van der Waals surface area (Å²) in [5, 5.41) is 3.54. The Kier molecular flexibility index (Phi) is 3.69. The number of aromatic nitrogens is 1. The van der Waals surface area contributed by atoms with E-state index >= 15 is 0 Å². The Bertz CT molecular complexity index is 519. The maximum atomic E-state index is 11.3. The number of alkyl halides is 1. The number of halogens is 1. The summed E-state index contributed by atoms with van der Waals surface area (Å²) in [5.74, 6) is -0.119. The number of para-hydroxylation sites is 1. The summed E-state index contributed by atoms with van der Waals surface area (Å²) in [4.78, 5) is 14.5. The number of rotatable bonds is 4. The third-order valence-electron chi connectivity index (χ3n) is 2.73. The number of fused-ring (bicyclic) bond motifs is 1. The molecule has 1 amide bonds. The molecule has 0 fully saturated rings. The van der Waals surface area contributed by atoms with Crippen LogP contribution in [0.25, 0.3) is 10.9 Å². The van der Waals surface area contributed by atoms with Crippen LogP contribution in [0.3, 0.4) is 0 Å². The first kappa shape index (κ1) is 12.0. The highest BCUT2D eigenvalue weighted by Gasteiger charge is 2.08. The Balaban J connectivity index is 1.98. The zero-order valence-corrected chi connectivity index (χ0v) is 10.4. The lowest BCUT2D eigenvalue weighted by Gasteiger charge is -2.05. The summed E-state index contributed by atoms with van der Waals surface area (Å²) in [5.41, 5.74) is 2.34. The van der Waals surface area contributed by atoms with E-state index in [1.807, 2.05) is 24.4 Å². The predicted molar refractivity (Wildman–Crippen MR) is 70.3 cm³/mol. The molecule has 90 valence electrons. The van der Waals surface area contributed by atoms with E-state index in [1.165, 1.54) is 10.9 Å². The summed E-state index contributed by atoms with van der Waals surface area (Å²) in [6.07, 6.45) is 2.79. The molecule has 0 saturated heterocycles. The molecular weight excluding hydrogens is 236 g/mol. The van der Waals surface area contributed by atoms with Crippen LogP contribution in [0.5, 0.6) is 0 Å². The van der Waals surface area contributed by atoms with Crippen molar-refractivity contribution in [2.45, 2.75) is 18.7 Å². The van der Waals surface area contributed by atoms with Gasteiger partial charge in [0.1, 0.15) is 5.38 Å². The third kappa shape index (κ3) is 2.80. The van der Waals surface area contributed by atoms with E-state index in [9.17, 15) is 4.79 Å². The van der Waals surface area contributed by atoms with Gasteiger partial charge in [0.2, 0.25) is 5.91 Å². The number of aromatic amines is 1. The second-order valence-electron chi connectivity index (χ2n) is 4.02. The predicted octanol–water partition coefficient (Wildman–Crippen LogP) is 2.45. The SMILES string of the molecule is CC(Cl)C(=O)NCCc1c[nH]c2ccccc12. The van der Waals surface area contributed by atoms with Gasteiger partial charge in [-0.15, -0.1) is 11.6 Å². The van der Waals surface area contributed by atoms with Crippen LogP contribution in [0.2, 0.25) is 0 Å². The summed E-state index contributed by atoms with van der Waals surface area (Å²) in [7, 11) is 0. The van der Waals surface area contributed by atoms with Crippen molar-refractivity contribution in [1.82, 2.24) is 10.3 Å². The molecule has 1 heterocycles. The topological polar surface area (TPSA) is 44.9 Å². The molecule has 0 saturated carbocycles. The molecule has 2 rings (SSSR count). The average molecular weight is 251 g/mol. The Morgan fingerprint density at radius 1 is 1.47 bits per heavy atom. The molecule has 1 aromatic carbocycles. The van der Waals surface area contributed by atoms with E-state index in [4.69, 9.17) is 11.6 Å². The van der Waals surface area contributed by atoms with Crippen LogP contribution < -0.4 is 5.32 Å². The fourth-order valence-corrected chi connectivity index (χ4v) is 1.88. The standard InChI is InChI=1S/C13H15ClN2O/c1-9(14)13(17)15-7-6-10-8-16-12-5-3-2-4-11(10)12/h2-5,8-9,16H,6-7H2,1H3,(H,15,17). The van der Waals surface area contributed by atoms with E-state index in [2.05, 4.69) is 16.4 Å². The smallest absolute Gasteiger partial charge is 0.237 e. The van der Waals surface area contributed by atoms with Crippen LogP contribution in [0.4, 0.5) is 0 Å². The molecule has 2 N–H and O–H groups in total. The zero-order chi connectivity index (χ0) is 12.3. The molecule has 0 spiro atoms. The molecule has 0 aliphatic carbocycles.